The maximum atomic E-state index is 13.4. The number of hydrogen-bond donors (Lipinski definition) is 3. The number of aryl methyl sites for hydroxylation is 1. The first-order valence-corrected chi connectivity index (χ1v) is 21.6. The van der Waals surface area contributed by atoms with Crippen molar-refractivity contribution < 1.29 is 28.8 Å². The Kier molecular flexibility index (Phi) is 12.8. The topological polar surface area (TPSA) is 187 Å². The summed E-state index contributed by atoms with van der Waals surface area (Å²) < 4.78 is 0. The molecular formula is C46H45N9O6S. The minimum Gasteiger partial charge on any atom is -0.340 e. The molecule has 0 aliphatic carbocycles. The van der Waals surface area contributed by atoms with Gasteiger partial charge in [-0.05, 0) is 97.7 Å². The number of benzene rings is 3. The molecule has 1 atom stereocenters. The van der Waals surface area contributed by atoms with Crippen LogP contribution >= 0.6 is 11.8 Å². The van der Waals surface area contributed by atoms with E-state index in [1.165, 1.54) is 11.8 Å². The molecular weight excluding hydrogens is 807 g/mol. The Labute approximate surface area is 362 Å². The maximum Gasteiger partial charge on any atom is 0.263 e. The van der Waals surface area contributed by atoms with Gasteiger partial charge in [-0.25, -0.2) is 9.97 Å². The summed E-state index contributed by atoms with van der Waals surface area (Å²) in [7, 11) is 0. The zero-order valence-corrected chi connectivity index (χ0v) is 35.0. The highest BCUT2D eigenvalue weighted by atomic mass is 32.2. The summed E-state index contributed by atoms with van der Waals surface area (Å²) >= 11 is 1.46. The zero-order valence-electron chi connectivity index (χ0n) is 34.1. The van der Waals surface area contributed by atoms with Gasteiger partial charge in [0.2, 0.25) is 23.7 Å². The van der Waals surface area contributed by atoms with Gasteiger partial charge in [0.05, 0.1) is 16.8 Å². The lowest BCUT2D eigenvalue weighted by Gasteiger charge is -2.35. The number of piperazine rings is 1. The van der Waals surface area contributed by atoms with Crippen molar-refractivity contribution in [3.63, 3.8) is 0 Å². The molecule has 0 spiro atoms. The lowest BCUT2D eigenvalue weighted by atomic mass is 10.0. The van der Waals surface area contributed by atoms with E-state index in [-0.39, 0.29) is 30.2 Å². The summed E-state index contributed by atoms with van der Waals surface area (Å²) in [5.74, 6) is -1.11. The molecule has 2 saturated heterocycles. The van der Waals surface area contributed by atoms with Crippen molar-refractivity contribution in [1.82, 2.24) is 35.0 Å². The minimum absolute atomic E-state index is 0.0672. The van der Waals surface area contributed by atoms with E-state index in [1.54, 1.807) is 36.8 Å². The standard InChI is InChI=1S/C46H45N9O6S/c1-29-10-15-33(26-36(29)51-46-48-20-18-35(50-46)32-6-5-19-47-27-32)49-42(58)31-13-11-30(12-14-31)28-53-21-23-54(24-22-53)40(57)9-2-3-25-62-38-8-4-7-34-41(38)45(61)55(44(34)60)37-16-17-39(56)52-43(37)59/h4-8,10-15,18-20,26-27,37H,2-3,9,16-17,21-25,28H2,1H3,(H,49,58)(H,48,50,51)(H,52,56,59). The summed E-state index contributed by atoms with van der Waals surface area (Å²) in [6.07, 6.45) is 7.19. The third kappa shape index (κ3) is 9.56. The summed E-state index contributed by atoms with van der Waals surface area (Å²) in [4.78, 5) is 95.9. The van der Waals surface area contributed by atoms with Crippen molar-refractivity contribution in [2.45, 2.75) is 56.5 Å². The fraction of sp³-hybridized carbons (Fsp3) is 0.283. The molecule has 8 rings (SSSR count). The van der Waals surface area contributed by atoms with Crippen LogP contribution in [0.2, 0.25) is 0 Å². The fourth-order valence-corrected chi connectivity index (χ4v) is 8.83. The number of pyridine rings is 1. The fourth-order valence-electron chi connectivity index (χ4n) is 7.75. The van der Waals surface area contributed by atoms with Gasteiger partial charge in [0, 0.05) is 91.6 Å². The van der Waals surface area contributed by atoms with Crippen molar-refractivity contribution in [1.29, 1.82) is 0 Å². The number of nitrogens with one attached hydrogen (secondary N) is 3. The van der Waals surface area contributed by atoms with E-state index in [2.05, 4.69) is 35.8 Å². The minimum atomic E-state index is -1.01. The number of fused-ring (bicyclic) bond motifs is 1. The monoisotopic (exact) mass is 851 g/mol. The number of piperidine rings is 1. The molecule has 15 nitrogen and oxygen atoms in total. The summed E-state index contributed by atoms with van der Waals surface area (Å²) in [6, 6.07) is 22.9. The van der Waals surface area contributed by atoms with E-state index in [0.29, 0.717) is 65.9 Å². The maximum absolute atomic E-state index is 13.4. The average molecular weight is 852 g/mol. The van der Waals surface area contributed by atoms with Crippen LogP contribution in [0, 0.1) is 6.92 Å². The number of aromatic nitrogens is 3. The normalized spacial score (nSPS) is 16.6. The predicted octanol–water partition coefficient (Wildman–Crippen LogP) is 5.85. The van der Waals surface area contributed by atoms with E-state index in [1.807, 2.05) is 72.5 Å². The van der Waals surface area contributed by atoms with Gasteiger partial charge in [0.15, 0.2) is 0 Å². The van der Waals surface area contributed by atoms with Gasteiger partial charge in [-0.1, -0.05) is 24.3 Å². The lowest BCUT2D eigenvalue weighted by Crippen LogP contribution is -2.54. The molecule has 3 N–H and O–H groups in total. The van der Waals surface area contributed by atoms with E-state index >= 15 is 0 Å². The van der Waals surface area contributed by atoms with E-state index in [0.717, 1.165) is 52.5 Å². The van der Waals surface area contributed by atoms with Crippen LogP contribution in [-0.2, 0) is 20.9 Å². The Morgan fingerprint density at radius 3 is 2.48 bits per heavy atom. The van der Waals surface area contributed by atoms with Crippen molar-refractivity contribution in [3.8, 4) is 11.3 Å². The third-order valence-corrected chi connectivity index (χ3v) is 12.3. The van der Waals surface area contributed by atoms with Crippen LogP contribution in [-0.4, -0.2) is 103 Å². The van der Waals surface area contributed by atoms with Gasteiger partial charge < -0.3 is 15.5 Å². The van der Waals surface area contributed by atoms with Gasteiger partial charge in [-0.2, -0.15) is 0 Å². The van der Waals surface area contributed by atoms with E-state index in [9.17, 15) is 28.8 Å². The number of amides is 6. The molecule has 6 amide bonds. The molecule has 2 aromatic heterocycles. The number of anilines is 3. The van der Waals surface area contributed by atoms with Crippen molar-refractivity contribution >= 4 is 64.5 Å². The quantitative estimate of drug-likeness (QED) is 0.0689. The number of hydrogen-bond acceptors (Lipinski definition) is 12. The van der Waals surface area contributed by atoms with E-state index in [4.69, 9.17) is 0 Å². The molecule has 0 bridgehead atoms. The lowest BCUT2D eigenvalue weighted by molar-refractivity contribution is -0.136. The number of imide groups is 2. The smallest absolute Gasteiger partial charge is 0.263 e. The molecule has 3 aliphatic rings. The van der Waals surface area contributed by atoms with Gasteiger partial charge in [-0.15, -0.1) is 11.8 Å². The first kappa shape index (κ1) is 41.9. The van der Waals surface area contributed by atoms with Crippen LogP contribution in [0.15, 0.2) is 102 Å². The number of carbonyl (C=O) groups is 6. The van der Waals surface area contributed by atoms with Crippen LogP contribution < -0.4 is 16.0 Å². The third-order valence-electron chi connectivity index (χ3n) is 11.2. The molecule has 5 aromatic rings. The molecule has 3 aromatic carbocycles. The SMILES string of the molecule is Cc1ccc(NC(=O)c2ccc(CN3CCN(C(=O)CCCCSc4cccc5c4C(=O)N(C4CCC(=O)NC4=O)C5=O)CC3)cc2)cc1Nc1nccc(-c2cccnc2)n1. The number of unbranched alkanes of at least 4 members (excludes halogenated alkanes) is 1. The van der Waals surface area contributed by atoms with Crippen molar-refractivity contribution in [2.24, 2.45) is 0 Å². The highest BCUT2D eigenvalue weighted by Crippen LogP contribution is 2.35. The summed E-state index contributed by atoms with van der Waals surface area (Å²) in [6.45, 7) is 5.44. The van der Waals surface area contributed by atoms with E-state index < -0.39 is 29.7 Å². The molecule has 5 heterocycles. The number of thioether (sulfide) groups is 1. The molecule has 62 heavy (non-hydrogen) atoms. The van der Waals surface area contributed by atoms with Gasteiger partial charge in [0.25, 0.3) is 17.7 Å². The molecule has 316 valence electrons. The Morgan fingerprint density at radius 2 is 1.71 bits per heavy atom. The second-order valence-corrected chi connectivity index (χ2v) is 16.5. The Bertz CT molecular complexity index is 2530. The van der Waals surface area contributed by atoms with Crippen molar-refractivity contribution in [2.75, 3.05) is 42.6 Å². The first-order chi connectivity index (χ1) is 30.1. The zero-order chi connectivity index (χ0) is 43.2. The highest BCUT2D eigenvalue weighted by Gasteiger charge is 2.45. The predicted molar refractivity (Wildman–Crippen MR) is 234 cm³/mol. The van der Waals surface area contributed by atoms with Crippen LogP contribution in [0.1, 0.15) is 74.3 Å². The summed E-state index contributed by atoms with van der Waals surface area (Å²) in [5.41, 5.74) is 6.17. The number of carbonyl (C=O) groups excluding carboxylic acids is 6. The van der Waals surface area contributed by atoms with Crippen LogP contribution in [0.5, 0.6) is 0 Å². The molecule has 1 unspecified atom stereocenters. The largest absolute Gasteiger partial charge is 0.340 e. The van der Waals surface area contributed by atoms with Gasteiger partial charge >= 0.3 is 0 Å². The highest BCUT2D eigenvalue weighted by molar-refractivity contribution is 7.99. The Hall–Kier alpha value is -6.78. The van der Waals surface area contributed by atoms with Crippen LogP contribution in [0.25, 0.3) is 11.3 Å². The Balaban J connectivity index is 0.755. The molecule has 2 fully saturated rings. The van der Waals surface area contributed by atoms with Gasteiger partial charge in [-0.3, -0.25) is 48.9 Å². The second-order valence-electron chi connectivity index (χ2n) is 15.4. The molecule has 16 heteroatoms. The first-order valence-electron chi connectivity index (χ1n) is 20.6. The van der Waals surface area contributed by atoms with Crippen molar-refractivity contribution in [3.05, 3.63) is 125 Å². The summed E-state index contributed by atoms with van der Waals surface area (Å²) in [5, 5.41) is 8.50. The number of rotatable bonds is 14. The Morgan fingerprint density at radius 1 is 0.887 bits per heavy atom. The molecule has 0 radical (unpaired) electrons. The second kappa shape index (κ2) is 18.9. The van der Waals surface area contributed by atoms with Gasteiger partial charge in [0.1, 0.15) is 6.04 Å². The number of nitrogens with zero attached hydrogens (tertiary/aromatic N) is 6. The average Bonchev–Trinajstić information content (AvgIpc) is 3.54. The molecule has 3 aliphatic heterocycles. The van der Waals surface area contributed by atoms with Crippen LogP contribution in [0.4, 0.5) is 17.3 Å². The molecule has 0 saturated carbocycles. The van der Waals surface area contributed by atoms with Crippen LogP contribution in [0.3, 0.4) is 0 Å².